The lowest BCUT2D eigenvalue weighted by Crippen LogP contribution is -2.54. The van der Waals surface area contributed by atoms with E-state index in [9.17, 15) is 21.6 Å². The highest BCUT2D eigenvalue weighted by Gasteiger charge is 2.38. The van der Waals surface area contributed by atoms with E-state index >= 15 is 0 Å². The first-order valence-corrected chi connectivity index (χ1v) is 10.2. The zero-order valence-electron chi connectivity index (χ0n) is 11.6. The third-order valence-corrected chi connectivity index (χ3v) is 7.32. The quantitative estimate of drug-likeness (QED) is 0.700. The van der Waals surface area contributed by atoms with Gasteiger partial charge in [-0.15, -0.1) is 0 Å². The van der Waals surface area contributed by atoms with E-state index in [2.05, 4.69) is 4.72 Å². The van der Waals surface area contributed by atoms with Crippen molar-refractivity contribution in [1.82, 2.24) is 9.03 Å². The number of piperidine rings is 1. The Hall–Kier alpha value is -0.710. The molecule has 2 rings (SSSR count). The second kappa shape index (κ2) is 6.19. The lowest BCUT2D eigenvalue weighted by Gasteiger charge is -2.33. The first kappa shape index (κ1) is 16.7. The second-order valence-electron chi connectivity index (χ2n) is 5.51. The smallest absolute Gasteiger partial charge is 0.322 e. The maximum absolute atomic E-state index is 12.3. The number of rotatable bonds is 4. The van der Waals surface area contributed by atoms with Gasteiger partial charge in [-0.2, -0.15) is 17.4 Å². The highest BCUT2D eigenvalue weighted by Crippen LogP contribution is 2.21. The zero-order chi connectivity index (χ0) is 15.7. The molecule has 0 saturated carbocycles. The minimum absolute atomic E-state index is 0.0391. The summed E-state index contributed by atoms with van der Waals surface area (Å²) < 4.78 is 50.8. The predicted molar refractivity (Wildman–Crippen MR) is 75.7 cm³/mol. The number of carbonyl (C=O) groups is 1. The fourth-order valence-corrected chi connectivity index (χ4v) is 5.91. The van der Waals surface area contributed by atoms with Crippen LogP contribution in [0.3, 0.4) is 0 Å². The molecule has 0 radical (unpaired) electrons. The van der Waals surface area contributed by atoms with Gasteiger partial charge in [0.05, 0.1) is 11.5 Å². The number of carboxylic acid groups (broad SMARTS) is 1. The molecular weight excluding hydrogens is 320 g/mol. The molecule has 0 aromatic rings. The highest BCUT2D eigenvalue weighted by atomic mass is 32.2. The summed E-state index contributed by atoms with van der Waals surface area (Å²) in [5, 5.41) is 9.13. The Balaban J connectivity index is 2.05. The molecule has 1 atom stereocenters. The number of nitrogens with zero attached hydrogens (tertiary/aromatic N) is 1. The monoisotopic (exact) mass is 340 g/mol. The summed E-state index contributed by atoms with van der Waals surface area (Å²) in [5.74, 6) is -1.23. The molecule has 0 aromatic heterocycles. The molecule has 2 N–H and O–H groups in total. The Morgan fingerprint density at radius 2 is 1.76 bits per heavy atom. The fourth-order valence-electron chi connectivity index (χ4n) is 2.73. The van der Waals surface area contributed by atoms with Crippen molar-refractivity contribution in [3.63, 3.8) is 0 Å². The molecule has 0 bridgehead atoms. The summed E-state index contributed by atoms with van der Waals surface area (Å²) in [7, 11) is -6.97. The highest BCUT2D eigenvalue weighted by molar-refractivity contribution is 7.91. The standard InChI is InChI=1S/C11H20N2O6S2/c14-11(15)10-3-1-2-6-13(10)21(18,19)12-9-4-7-20(16,17)8-5-9/h9-10,12H,1-8H2,(H,14,15). The molecule has 2 aliphatic rings. The topological polar surface area (TPSA) is 121 Å². The van der Waals surface area contributed by atoms with Crippen molar-refractivity contribution in [2.75, 3.05) is 18.1 Å². The van der Waals surface area contributed by atoms with E-state index in [4.69, 9.17) is 5.11 Å². The third-order valence-electron chi connectivity index (χ3n) is 3.92. The number of nitrogens with one attached hydrogen (secondary N) is 1. The Morgan fingerprint density at radius 3 is 2.33 bits per heavy atom. The summed E-state index contributed by atoms with van der Waals surface area (Å²) in [6, 6.07) is -1.49. The number of hydrogen-bond acceptors (Lipinski definition) is 5. The predicted octanol–water partition coefficient (Wildman–Crippen LogP) is -0.663. The molecule has 2 fully saturated rings. The van der Waals surface area contributed by atoms with E-state index in [0.717, 1.165) is 4.31 Å². The van der Waals surface area contributed by atoms with Gasteiger partial charge in [-0.3, -0.25) is 4.79 Å². The van der Waals surface area contributed by atoms with Crippen LogP contribution in [0.5, 0.6) is 0 Å². The van der Waals surface area contributed by atoms with Crippen LogP contribution in [-0.4, -0.2) is 62.4 Å². The van der Waals surface area contributed by atoms with Crippen LogP contribution in [0.2, 0.25) is 0 Å². The Kier molecular flexibility index (Phi) is 4.91. The molecule has 2 aliphatic heterocycles. The van der Waals surface area contributed by atoms with Gasteiger partial charge in [-0.05, 0) is 32.1 Å². The van der Waals surface area contributed by atoms with Crippen LogP contribution in [-0.2, 0) is 24.8 Å². The minimum atomic E-state index is -3.91. The molecule has 0 amide bonds. The van der Waals surface area contributed by atoms with Crippen molar-refractivity contribution >= 4 is 26.0 Å². The summed E-state index contributed by atoms with van der Waals surface area (Å²) in [4.78, 5) is 11.2. The summed E-state index contributed by atoms with van der Waals surface area (Å²) >= 11 is 0. The molecule has 8 nitrogen and oxygen atoms in total. The van der Waals surface area contributed by atoms with Crippen molar-refractivity contribution < 1.29 is 26.7 Å². The van der Waals surface area contributed by atoms with Gasteiger partial charge in [0.25, 0.3) is 10.2 Å². The van der Waals surface area contributed by atoms with E-state index in [1.807, 2.05) is 0 Å². The van der Waals surface area contributed by atoms with E-state index in [0.29, 0.717) is 19.3 Å². The minimum Gasteiger partial charge on any atom is -0.480 e. The SMILES string of the molecule is O=C(O)C1CCCCN1S(=O)(=O)NC1CCS(=O)(=O)CC1. The van der Waals surface area contributed by atoms with Gasteiger partial charge in [-0.1, -0.05) is 0 Å². The Bertz CT molecular complexity index is 586. The first-order chi connectivity index (χ1) is 9.71. The van der Waals surface area contributed by atoms with Crippen LogP contribution in [0.4, 0.5) is 0 Å². The molecular formula is C11H20N2O6S2. The van der Waals surface area contributed by atoms with Crippen LogP contribution in [0, 0.1) is 0 Å². The molecule has 10 heteroatoms. The molecule has 1 unspecified atom stereocenters. The molecule has 21 heavy (non-hydrogen) atoms. The van der Waals surface area contributed by atoms with Crippen molar-refractivity contribution in [2.24, 2.45) is 0 Å². The van der Waals surface area contributed by atoms with E-state index in [1.54, 1.807) is 0 Å². The normalized spacial score (nSPS) is 28.3. The van der Waals surface area contributed by atoms with Gasteiger partial charge >= 0.3 is 5.97 Å². The summed E-state index contributed by atoms with van der Waals surface area (Å²) in [6.07, 6.45) is 2.07. The van der Waals surface area contributed by atoms with Gasteiger partial charge < -0.3 is 5.11 Å². The number of carboxylic acids is 1. The Morgan fingerprint density at radius 1 is 1.14 bits per heavy atom. The van der Waals surface area contributed by atoms with Gasteiger partial charge in [0, 0.05) is 12.6 Å². The largest absolute Gasteiger partial charge is 0.480 e. The van der Waals surface area contributed by atoms with Crippen LogP contribution < -0.4 is 4.72 Å². The molecule has 0 aliphatic carbocycles. The molecule has 2 saturated heterocycles. The van der Waals surface area contributed by atoms with Crippen LogP contribution >= 0.6 is 0 Å². The number of aliphatic carboxylic acids is 1. The maximum Gasteiger partial charge on any atom is 0.322 e. The van der Waals surface area contributed by atoms with Crippen molar-refractivity contribution in [3.05, 3.63) is 0 Å². The van der Waals surface area contributed by atoms with Gasteiger partial charge in [0.2, 0.25) is 0 Å². The van der Waals surface area contributed by atoms with Crippen LogP contribution in [0.1, 0.15) is 32.1 Å². The van der Waals surface area contributed by atoms with E-state index < -0.39 is 38.1 Å². The molecule has 0 spiro atoms. The third kappa shape index (κ3) is 4.15. The number of sulfone groups is 1. The molecule has 2 heterocycles. The average molecular weight is 340 g/mol. The lowest BCUT2D eigenvalue weighted by molar-refractivity contribution is -0.142. The lowest BCUT2D eigenvalue weighted by atomic mass is 10.1. The first-order valence-electron chi connectivity index (χ1n) is 6.93. The summed E-state index contributed by atoms with van der Waals surface area (Å²) in [5.41, 5.74) is 0. The van der Waals surface area contributed by atoms with Crippen LogP contribution in [0.15, 0.2) is 0 Å². The maximum atomic E-state index is 12.3. The Labute approximate surface area is 124 Å². The van der Waals surface area contributed by atoms with E-state index in [-0.39, 0.29) is 30.9 Å². The molecule has 0 aromatic carbocycles. The van der Waals surface area contributed by atoms with Crippen LogP contribution in [0.25, 0.3) is 0 Å². The van der Waals surface area contributed by atoms with E-state index in [1.165, 1.54) is 0 Å². The van der Waals surface area contributed by atoms with Gasteiger partial charge in [0.15, 0.2) is 0 Å². The van der Waals surface area contributed by atoms with Gasteiger partial charge in [-0.25, -0.2) is 8.42 Å². The fraction of sp³-hybridized carbons (Fsp3) is 0.909. The average Bonchev–Trinajstić information content (AvgIpc) is 2.41. The van der Waals surface area contributed by atoms with Crippen molar-refractivity contribution in [1.29, 1.82) is 0 Å². The molecule has 122 valence electrons. The number of hydrogen-bond donors (Lipinski definition) is 2. The second-order valence-corrected chi connectivity index (χ2v) is 9.47. The van der Waals surface area contributed by atoms with Crippen molar-refractivity contribution in [3.8, 4) is 0 Å². The van der Waals surface area contributed by atoms with Gasteiger partial charge in [0.1, 0.15) is 15.9 Å². The summed E-state index contributed by atoms with van der Waals surface area (Å²) in [6.45, 7) is 0.178. The van der Waals surface area contributed by atoms with Crippen molar-refractivity contribution in [2.45, 2.75) is 44.2 Å². The zero-order valence-corrected chi connectivity index (χ0v) is 13.2.